The van der Waals surface area contributed by atoms with Crippen molar-refractivity contribution >= 4 is 22.6 Å². The van der Waals surface area contributed by atoms with Gasteiger partial charge in [-0.2, -0.15) is 0 Å². The molecule has 2 aromatic rings. The van der Waals surface area contributed by atoms with Crippen molar-refractivity contribution in [2.24, 2.45) is 11.3 Å². The molecule has 1 aliphatic rings. The summed E-state index contributed by atoms with van der Waals surface area (Å²) in [6.07, 6.45) is 0.510. The summed E-state index contributed by atoms with van der Waals surface area (Å²) in [6, 6.07) is 11.8. The molecule has 1 aliphatic heterocycles. The van der Waals surface area contributed by atoms with Crippen LogP contribution in [0.15, 0.2) is 36.4 Å². The van der Waals surface area contributed by atoms with E-state index in [0.29, 0.717) is 13.0 Å². The molecule has 5 heteroatoms. The zero-order valence-electron chi connectivity index (χ0n) is 16.4. The van der Waals surface area contributed by atoms with E-state index in [4.69, 9.17) is 4.74 Å². The largest absolute Gasteiger partial charge is 0.497 e. The van der Waals surface area contributed by atoms with Crippen LogP contribution in [0.4, 0.5) is 0 Å². The first kappa shape index (κ1) is 19.2. The van der Waals surface area contributed by atoms with E-state index in [1.165, 1.54) is 0 Å². The molecule has 1 amide bonds. The zero-order chi connectivity index (χ0) is 19.8. The van der Waals surface area contributed by atoms with Crippen molar-refractivity contribution in [3.05, 3.63) is 42.0 Å². The first-order valence-electron chi connectivity index (χ1n) is 9.38. The van der Waals surface area contributed by atoms with Gasteiger partial charge in [-0.25, -0.2) is 0 Å². The molecule has 1 unspecified atom stereocenters. The van der Waals surface area contributed by atoms with Gasteiger partial charge in [0.05, 0.1) is 18.4 Å². The summed E-state index contributed by atoms with van der Waals surface area (Å²) in [6.45, 7) is 6.52. The number of carbonyl (C=O) groups is 2. The van der Waals surface area contributed by atoms with E-state index in [2.05, 4.69) is 0 Å². The van der Waals surface area contributed by atoms with Crippen molar-refractivity contribution in [1.29, 1.82) is 0 Å². The first-order valence-corrected chi connectivity index (χ1v) is 9.38. The minimum Gasteiger partial charge on any atom is -0.497 e. The maximum absolute atomic E-state index is 13.0. The van der Waals surface area contributed by atoms with Crippen molar-refractivity contribution in [2.45, 2.75) is 33.1 Å². The number of nitrogens with zero attached hydrogens (tertiary/aromatic N) is 1. The van der Waals surface area contributed by atoms with Crippen LogP contribution in [-0.2, 0) is 9.59 Å². The summed E-state index contributed by atoms with van der Waals surface area (Å²) in [5, 5.41) is 11.8. The number of carboxylic acid groups (broad SMARTS) is 1. The summed E-state index contributed by atoms with van der Waals surface area (Å²) in [4.78, 5) is 26.6. The summed E-state index contributed by atoms with van der Waals surface area (Å²) < 4.78 is 5.26. The van der Waals surface area contributed by atoms with Crippen molar-refractivity contribution < 1.29 is 19.4 Å². The molecule has 0 aromatic heterocycles. The third-order valence-electron chi connectivity index (χ3n) is 6.09. The molecule has 2 atom stereocenters. The summed E-state index contributed by atoms with van der Waals surface area (Å²) >= 11 is 0. The Balaban J connectivity index is 1.81. The SMILES string of the molecule is COc1ccc2cc([C@H](C)C(=O)N3CCC(C(=O)O)(C(C)C)C3)ccc2c1. The number of methoxy groups -OCH3 is 1. The predicted molar refractivity (Wildman–Crippen MR) is 105 cm³/mol. The van der Waals surface area contributed by atoms with Crippen LogP contribution in [0, 0.1) is 11.3 Å². The van der Waals surface area contributed by atoms with Gasteiger partial charge in [-0.05, 0) is 47.7 Å². The molecule has 27 heavy (non-hydrogen) atoms. The number of aliphatic carboxylic acids is 1. The second-order valence-corrected chi connectivity index (χ2v) is 7.82. The van der Waals surface area contributed by atoms with Crippen molar-refractivity contribution in [3.63, 3.8) is 0 Å². The Morgan fingerprint density at radius 2 is 1.78 bits per heavy atom. The van der Waals surface area contributed by atoms with E-state index in [1.807, 2.05) is 57.2 Å². The van der Waals surface area contributed by atoms with Crippen LogP contribution in [0.1, 0.15) is 38.7 Å². The van der Waals surface area contributed by atoms with Gasteiger partial charge in [0.1, 0.15) is 5.75 Å². The van der Waals surface area contributed by atoms with Gasteiger partial charge in [-0.1, -0.05) is 38.1 Å². The number of ether oxygens (including phenoxy) is 1. The molecule has 5 nitrogen and oxygen atoms in total. The number of fused-ring (bicyclic) bond motifs is 1. The zero-order valence-corrected chi connectivity index (χ0v) is 16.4. The van der Waals surface area contributed by atoms with E-state index in [0.717, 1.165) is 22.1 Å². The third-order valence-corrected chi connectivity index (χ3v) is 6.09. The highest BCUT2D eigenvalue weighted by molar-refractivity contribution is 5.89. The van der Waals surface area contributed by atoms with E-state index in [1.54, 1.807) is 12.0 Å². The fourth-order valence-corrected chi connectivity index (χ4v) is 3.97. The number of hydrogen-bond donors (Lipinski definition) is 1. The van der Waals surface area contributed by atoms with Crippen LogP contribution >= 0.6 is 0 Å². The summed E-state index contributed by atoms with van der Waals surface area (Å²) in [5.74, 6) is -0.339. The number of carbonyl (C=O) groups excluding carboxylic acids is 1. The molecule has 3 rings (SSSR count). The lowest BCUT2D eigenvalue weighted by molar-refractivity contribution is -0.151. The van der Waals surface area contributed by atoms with Gasteiger partial charge >= 0.3 is 5.97 Å². The van der Waals surface area contributed by atoms with E-state index in [9.17, 15) is 14.7 Å². The van der Waals surface area contributed by atoms with Crippen LogP contribution in [0.3, 0.4) is 0 Å². The number of rotatable bonds is 5. The van der Waals surface area contributed by atoms with Crippen LogP contribution in [0.2, 0.25) is 0 Å². The Labute approximate surface area is 159 Å². The molecule has 2 aromatic carbocycles. The molecular weight excluding hydrogens is 342 g/mol. The molecule has 1 N–H and O–H groups in total. The number of hydrogen-bond acceptors (Lipinski definition) is 3. The van der Waals surface area contributed by atoms with Crippen molar-refractivity contribution in [1.82, 2.24) is 4.90 Å². The van der Waals surface area contributed by atoms with Crippen LogP contribution in [0.25, 0.3) is 10.8 Å². The molecule has 1 heterocycles. The minimum atomic E-state index is -0.838. The lowest BCUT2D eigenvalue weighted by Crippen LogP contribution is -2.41. The quantitative estimate of drug-likeness (QED) is 0.868. The number of benzene rings is 2. The average molecular weight is 369 g/mol. The number of amides is 1. The highest BCUT2D eigenvalue weighted by Crippen LogP contribution is 2.39. The lowest BCUT2D eigenvalue weighted by atomic mass is 9.76. The van der Waals surface area contributed by atoms with Gasteiger partial charge in [0, 0.05) is 13.1 Å². The molecule has 0 saturated carbocycles. The standard InChI is InChI=1S/C22H27NO4/c1-14(2)22(21(25)26)9-10-23(13-22)20(24)15(3)16-5-6-18-12-19(27-4)8-7-17(18)11-16/h5-8,11-12,14-15H,9-10,13H2,1-4H3,(H,25,26)/t15-,22?/m0/s1. The first-order chi connectivity index (χ1) is 12.8. The van der Waals surface area contributed by atoms with Gasteiger partial charge in [0.2, 0.25) is 5.91 Å². The van der Waals surface area contributed by atoms with Crippen molar-refractivity contribution in [3.8, 4) is 5.75 Å². The Morgan fingerprint density at radius 3 is 2.37 bits per heavy atom. The normalized spacial score (nSPS) is 20.9. The van der Waals surface area contributed by atoms with Gasteiger partial charge in [-0.15, -0.1) is 0 Å². The maximum atomic E-state index is 13.0. The number of carboxylic acids is 1. The number of likely N-dealkylation sites (tertiary alicyclic amines) is 1. The average Bonchev–Trinajstić information content (AvgIpc) is 3.13. The molecule has 1 fully saturated rings. The minimum absolute atomic E-state index is 0.00774. The monoisotopic (exact) mass is 369 g/mol. The molecule has 0 spiro atoms. The molecule has 0 radical (unpaired) electrons. The Morgan fingerprint density at radius 1 is 1.11 bits per heavy atom. The molecule has 144 valence electrons. The van der Waals surface area contributed by atoms with Gasteiger partial charge in [0.15, 0.2) is 0 Å². The molecule has 0 aliphatic carbocycles. The van der Waals surface area contributed by atoms with Gasteiger partial charge in [-0.3, -0.25) is 9.59 Å². The third kappa shape index (κ3) is 3.38. The van der Waals surface area contributed by atoms with E-state index >= 15 is 0 Å². The van der Waals surface area contributed by atoms with Gasteiger partial charge in [0.25, 0.3) is 0 Å². The highest BCUT2D eigenvalue weighted by atomic mass is 16.5. The van der Waals surface area contributed by atoms with Crippen LogP contribution in [-0.4, -0.2) is 42.1 Å². The topological polar surface area (TPSA) is 66.8 Å². The fraction of sp³-hybridized carbons (Fsp3) is 0.455. The Kier molecular flexibility index (Phi) is 5.13. The fourth-order valence-electron chi connectivity index (χ4n) is 3.97. The predicted octanol–water partition coefficient (Wildman–Crippen LogP) is 3.91. The van der Waals surface area contributed by atoms with E-state index < -0.39 is 11.4 Å². The summed E-state index contributed by atoms with van der Waals surface area (Å²) in [5.41, 5.74) is 0.102. The van der Waals surface area contributed by atoms with Crippen LogP contribution < -0.4 is 4.74 Å². The smallest absolute Gasteiger partial charge is 0.311 e. The molecular formula is C22H27NO4. The van der Waals surface area contributed by atoms with E-state index in [-0.39, 0.29) is 24.3 Å². The second-order valence-electron chi connectivity index (χ2n) is 7.82. The Bertz CT molecular complexity index is 876. The maximum Gasteiger partial charge on any atom is 0.311 e. The molecule has 0 bridgehead atoms. The van der Waals surface area contributed by atoms with Crippen LogP contribution in [0.5, 0.6) is 5.75 Å². The highest BCUT2D eigenvalue weighted by Gasteiger charge is 2.48. The summed E-state index contributed by atoms with van der Waals surface area (Å²) in [7, 11) is 1.64. The molecule has 1 saturated heterocycles. The van der Waals surface area contributed by atoms with Gasteiger partial charge < -0.3 is 14.7 Å². The second kappa shape index (κ2) is 7.22. The Hall–Kier alpha value is -2.56. The van der Waals surface area contributed by atoms with Crippen molar-refractivity contribution in [2.75, 3.05) is 20.2 Å². The lowest BCUT2D eigenvalue weighted by Gasteiger charge is -2.29.